The van der Waals surface area contributed by atoms with E-state index < -0.39 is 5.97 Å². The van der Waals surface area contributed by atoms with Crippen LogP contribution in [0.1, 0.15) is 60.1 Å². The molecule has 2 saturated heterocycles. The molecule has 1 atom stereocenters. The monoisotopic (exact) mass is 387 g/mol. The highest BCUT2D eigenvalue weighted by atomic mass is 16.4. The lowest BCUT2D eigenvalue weighted by Crippen LogP contribution is -2.54. The second kappa shape index (κ2) is 7.70. The van der Waals surface area contributed by atoms with Crippen molar-refractivity contribution in [2.75, 3.05) is 37.7 Å². The number of anilines is 1. The summed E-state index contributed by atoms with van der Waals surface area (Å²) in [5.74, 6) is -0.149. The lowest BCUT2D eigenvalue weighted by atomic mass is 9.73. The summed E-state index contributed by atoms with van der Waals surface area (Å²) in [6, 6.07) is 1.83. The fraction of sp³-hybridized carbons (Fsp3) is 0.667. The number of piperidine rings is 2. The van der Waals surface area contributed by atoms with E-state index in [0.717, 1.165) is 62.9 Å². The van der Waals surface area contributed by atoms with E-state index in [1.54, 1.807) is 0 Å². The Balaban J connectivity index is 1.59. The zero-order valence-electron chi connectivity index (χ0n) is 16.3. The fourth-order valence-electron chi connectivity index (χ4n) is 5.15. The van der Waals surface area contributed by atoms with Gasteiger partial charge in [0.25, 0.3) is 0 Å². The van der Waals surface area contributed by atoms with Gasteiger partial charge in [-0.2, -0.15) is 0 Å². The number of aromatic carboxylic acids is 1. The molecule has 1 aliphatic carbocycles. The van der Waals surface area contributed by atoms with Gasteiger partial charge in [0.05, 0.1) is 0 Å². The van der Waals surface area contributed by atoms with E-state index >= 15 is 0 Å². The maximum absolute atomic E-state index is 12.3. The number of hydrogen-bond donors (Lipinski definition) is 2. The van der Waals surface area contributed by atoms with Crippen LogP contribution in [0.3, 0.4) is 0 Å². The molecule has 7 nitrogen and oxygen atoms in total. The number of carbonyl (C=O) groups is 2. The van der Waals surface area contributed by atoms with Gasteiger partial charge >= 0.3 is 5.97 Å². The number of aliphatic hydroxyl groups excluding tert-OH is 1. The summed E-state index contributed by atoms with van der Waals surface area (Å²) in [6.45, 7) is 2.91. The Morgan fingerprint density at radius 3 is 2.82 bits per heavy atom. The van der Waals surface area contributed by atoms with Gasteiger partial charge in [0.2, 0.25) is 5.91 Å². The SMILES string of the molecule is O=C(O)c1cc2c(nc1N1CCC[C@@]3(CCC(=O)N(CCCO)C3)C1)CCC2. The van der Waals surface area contributed by atoms with E-state index in [2.05, 4.69) is 4.90 Å². The smallest absolute Gasteiger partial charge is 0.339 e. The van der Waals surface area contributed by atoms with Gasteiger partial charge in [-0.1, -0.05) is 0 Å². The predicted octanol–water partition coefficient (Wildman–Crippen LogP) is 1.86. The molecule has 2 fully saturated rings. The molecule has 4 rings (SSSR count). The molecular weight excluding hydrogens is 358 g/mol. The molecule has 1 aromatic rings. The lowest BCUT2D eigenvalue weighted by molar-refractivity contribution is -0.138. The summed E-state index contributed by atoms with van der Waals surface area (Å²) in [7, 11) is 0. The average Bonchev–Trinajstić information content (AvgIpc) is 3.15. The molecule has 3 heterocycles. The van der Waals surface area contributed by atoms with Gasteiger partial charge in [-0.3, -0.25) is 4.79 Å². The second-order valence-electron chi connectivity index (χ2n) is 8.54. The maximum Gasteiger partial charge on any atom is 0.339 e. The molecule has 0 unspecified atom stereocenters. The summed E-state index contributed by atoms with van der Waals surface area (Å²) < 4.78 is 0. The molecule has 0 saturated carbocycles. The molecule has 2 N–H and O–H groups in total. The third kappa shape index (κ3) is 3.60. The molecule has 28 heavy (non-hydrogen) atoms. The topological polar surface area (TPSA) is 94.0 Å². The Labute approximate surface area is 165 Å². The Hall–Kier alpha value is -2.15. The van der Waals surface area contributed by atoms with E-state index in [1.807, 2.05) is 11.0 Å². The number of likely N-dealkylation sites (tertiary alicyclic amines) is 1. The summed E-state index contributed by atoms with van der Waals surface area (Å²) in [6.07, 6.45) is 6.85. The van der Waals surface area contributed by atoms with Crippen LogP contribution in [0.25, 0.3) is 0 Å². The molecule has 0 aromatic carbocycles. The van der Waals surface area contributed by atoms with E-state index in [4.69, 9.17) is 10.1 Å². The van der Waals surface area contributed by atoms with Crippen molar-refractivity contribution < 1.29 is 19.8 Å². The summed E-state index contributed by atoms with van der Waals surface area (Å²) in [4.78, 5) is 33.0. The number of rotatable bonds is 5. The van der Waals surface area contributed by atoms with Gasteiger partial charge in [-0.05, 0) is 56.6 Å². The fourth-order valence-corrected chi connectivity index (χ4v) is 5.15. The van der Waals surface area contributed by atoms with Gasteiger partial charge in [0, 0.05) is 50.3 Å². The lowest BCUT2D eigenvalue weighted by Gasteiger charge is -2.48. The van der Waals surface area contributed by atoms with Crippen molar-refractivity contribution >= 4 is 17.7 Å². The van der Waals surface area contributed by atoms with Crippen LogP contribution in [0.5, 0.6) is 0 Å². The van der Waals surface area contributed by atoms with Crippen LogP contribution in [-0.4, -0.2) is 64.8 Å². The Bertz CT molecular complexity index is 781. The minimum atomic E-state index is -0.916. The normalized spacial score (nSPS) is 24.7. The highest BCUT2D eigenvalue weighted by molar-refractivity contribution is 5.93. The van der Waals surface area contributed by atoms with Crippen LogP contribution in [0, 0.1) is 5.41 Å². The number of fused-ring (bicyclic) bond motifs is 1. The molecule has 152 valence electrons. The third-order valence-corrected chi connectivity index (χ3v) is 6.56. The zero-order valence-corrected chi connectivity index (χ0v) is 16.3. The number of aliphatic hydroxyl groups is 1. The molecular formula is C21H29N3O4. The first-order valence-corrected chi connectivity index (χ1v) is 10.4. The molecule has 0 radical (unpaired) electrons. The molecule has 0 bridgehead atoms. The number of aromatic nitrogens is 1. The predicted molar refractivity (Wildman–Crippen MR) is 105 cm³/mol. The number of hydrogen-bond acceptors (Lipinski definition) is 5. The largest absolute Gasteiger partial charge is 0.478 e. The van der Waals surface area contributed by atoms with Crippen molar-refractivity contribution in [2.45, 2.75) is 51.4 Å². The van der Waals surface area contributed by atoms with Gasteiger partial charge in [0.1, 0.15) is 11.4 Å². The number of nitrogens with zero attached hydrogens (tertiary/aromatic N) is 3. The highest BCUT2D eigenvalue weighted by Gasteiger charge is 2.42. The first kappa shape index (κ1) is 19.2. The van der Waals surface area contributed by atoms with Crippen LogP contribution in [0.2, 0.25) is 0 Å². The van der Waals surface area contributed by atoms with Crippen LogP contribution < -0.4 is 4.90 Å². The number of pyridine rings is 1. The Morgan fingerprint density at radius 1 is 1.18 bits per heavy atom. The molecule has 7 heteroatoms. The third-order valence-electron chi connectivity index (χ3n) is 6.56. The number of carboxylic acid groups (broad SMARTS) is 1. The summed E-state index contributed by atoms with van der Waals surface area (Å²) >= 11 is 0. The van der Waals surface area contributed by atoms with Crippen LogP contribution in [0.4, 0.5) is 5.82 Å². The molecule has 1 aromatic heterocycles. The van der Waals surface area contributed by atoms with Gasteiger partial charge in [0.15, 0.2) is 0 Å². The zero-order chi connectivity index (χ0) is 19.7. The quantitative estimate of drug-likeness (QED) is 0.801. The van der Waals surface area contributed by atoms with Crippen LogP contribution >= 0.6 is 0 Å². The van der Waals surface area contributed by atoms with Crippen molar-refractivity contribution in [1.82, 2.24) is 9.88 Å². The highest BCUT2D eigenvalue weighted by Crippen LogP contribution is 2.41. The minimum Gasteiger partial charge on any atom is -0.478 e. The van der Waals surface area contributed by atoms with Gasteiger partial charge < -0.3 is 20.0 Å². The van der Waals surface area contributed by atoms with Crippen molar-refractivity contribution in [3.05, 3.63) is 22.9 Å². The Morgan fingerprint density at radius 2 is 2.04 bits per heavy atom. The van der Waals surface area contributed by atoms with Crippen molar-refractivity contribution in [2.24, 2.45) is 5.41 Å². The molecule has 3 aliphatic rings. The molecule has 2 aliphatic heterocycles. The minimum absolute atomic E-state index is 0.0158. The standard InChI is InChI=1S/C21H29N3O4/c25-11-3-10-23-13-21(8-6-18(23)26)7-2-9-24(14-21)19-16(20(27)28)12-15-4-1-5-17(15)22-19/h12,25H,1-11,13-14H2,(H,27,28)/t21-/m0/s1. The van der Waals surface area contributed by atoms with Gasteiger partial charge in [-0.25, -0.2) is 9.78 Å². The van der Waals surface area contributed by atoms with Crippen molar-refractivity contribution in [3.63, 3.8) is 0 Å². The second-order valence-corrected chi connectivity index (χ2v) is 8.54. The van der Waals surface area contributed by atoms with E-state index in [-0.39, 0.29) is 17.9 Å². The van der Waals surface area contributed by atoms with E-state index in [1.165, 1.54) is 0 Å². The van der Waals surface area contributed by atoms with E-state index in [9.17, 15) is 14.7 Å². The average molecular weight is 387 g/mol. The summed E-state index contributed by atoms with van der Waals surface area (Å²) in [5, 5.41) is 18.9. The summed E-state index contributed by atoms with van der Waals surface area (Å²) in [5.41, 5.74) is 2.41. The molecule has 1 spiro atoms. The Kier molecular flexibility index (Phi) is 5.27. The van der Waals surface area contributed by atoms with Gasteiger partial charge in [-0.15, -0.1) is 0 Å². The van der Waals surface area contributed by atoms with Crippen LogP contribution in [-0.2, 0) is 17.6 Å². The van der Waals surface area contributed by atoms with Crippen LogP contribution in [0.15, 0.2) is 6.07 Å². The number of amides is 1. The maximum atomic E-state index is 12.3. The van der Waals surface area contributed by atoms with Crippen molar-refractivity contribution in [3.8, 4) is 0 Å². The number of carboxylic acids is 1. The van der Waals surface area contributed by atoms with Crippen molar-refractivity contribution in [1.29, 1.82) is 0 Å². The number of aryl methyl sites for hydroxylation is 2. The number of carbonyl (C=O) groups excluding carboxylic acids is 1. The molecule has 1 amide bonds. The first-order chi connectivity index (χ1) is 13.5. The first-order valence-electron chi connectivity index (χ1n) is 10.4. The van der Waals surface area contributed by atoms with E-state index in [0.29, 0.717) is 37.3 Å².